The van der Waals surface area contributed by atoms with Crippen molar-refractivity contribution in [3.05, 3.63) is 0 Å². The van der Waals surface area contributed by atoms with E-state index >= 15 is 0 Å². The Balaban J connectivity index is 6.55. The Morgan fingerprint density at radius 2 is 0.600 bits per heavy atom. The third-order valence-electron chi connectivity index (χ3n) is 0. The molecular weight excluding hydrogens is 389 g/mol. The Labute approximate surface area is 40.2 Å². The first-order valence-electron chi connectivity index (χ1n) is 2.32. The molecule has 0 spiro atoms. The number of hydrogen-bond acceptors (Lipinski definition) is 0. The topological polar surface area (TPSA) is 0 Å². The van der Waals surface area contributed by atoms with Crippen molar-refractivity contribution in [1.29, 1.82) is 0 Å². The van der Waals surface area contributed by atoms with E-state index < -0.39 is 32.7 Å². The maximum atomic E-state index is 11.3. The van der Waals surface area contributed by atoms with Crippen LogP contribution in [0.4, 0.5) is 7.81 Å². The van der Waals surface area contributed by atoms with E-state index in [0.717, 1.165) is 0 Å². The van der Waals surface area contributed by atoms with E-state index in [2.05, 4.69) is 0 Å². The molecule has 0 aromatic heterocycles. The van der Waals surface area contributed by atoms with Crippen molar-refractivity contribution in [3.63, 3.8) is 0 Å². The van der Waals surface area contributed by atoms with Crippen LogP contribution >= 0.6 is 0 Å². The van der Waals surface area contributed by atoms with Crippen LogP contribution in [0.3, 0.4) is 0 Å². The molecule has 67 valence electrons. The van der Waals surface area contributed by atoms with Gasteiger partial charge in [0.25, 0.3) is 0 Å². The summed E-state index contributed by atoms with van der Waals surface area (Å²) in [6, 6.07) is 0. The van der Waals surface area contributed by atoms with Crippen LogP contribution in [0.2, 0.25) is 5.41 Å². The molecule has 0 amide bonds. The van der Waals surface area contributed by atoms with Crippen LogP contribution in [-0.4, -0.2) is 0 Å². The van der Waals surface area contributed by atoms with E-state index in [1.807, 2.05) is 0 Å². The number of hydrogen-bond donors (Lipinski definition) is 0. The average molecular weight is 395 g/mol. The molecule has 0 aliphatic rings. The first-order chi connectivity index (χ1) is 3.00. The summed E-state index contributed by atoms with van der Waals surface area (Å²) in [5, 5.41) is 0. The molecule has 0 bridgehead atoms. The van der Waals surface area contributed by atoms with Crippen LogP contribution in [0.1, 0.15) is 0 Å². The van der Waals surface area contributed by atoms with Crippen molar-refractivity contribution >= 4 is 0 Å². The standard InChI is InChI=1S/2CH3.7FH.Th/h2*1H3;7*1H;/q;;;;;;;;;+7/p-7. The SMILES string of the molecule is [CH3][Th]([CH3])([F])([F])([F])([F])([F])([F])[F]. The summed E-state index contributed by atoms with van der Waals surface area (Å²) in [5.74, 6) is 0. The van der Waals surface area contributed by atoms with Gasteiger partial charge in [0.1, 0.15) is 0 Å². The normalized spacial score (nSPS) is 35.1. The van der Waals surface area contributed by atoms with Crippen LogP contribution in [0, 0.1) is 27.3 Å². The molecule has 0 saturated carbocycles. The fraction of sp³-hybridized carbons (Fsp3) is 1.00. The Morgan fingerprint density at radius 3 is 0.600 bits per heavy atom. The van der Waals surface area contributed by atoms with E-state index in [0.29, 0.717) is 0 Å². The first-order valence-corrected chi connectivity index (χ1v) is 21.4. The molecule has 0 aromatic rings. The zero-order chi connectivity index (χ0) is 9.33. The molecule has 0 N–H and O–H groups in total. The summed E-state index contributed by atoms with van der Waals surface area (Å²) in [7, 11) is 0. The van der Waals surface area contributed by atoms with Gasteiger partial charge in [-0.05, 0) is 0 Å². The van der Waals surface area contributed by atoms with Gasteiger partial charge in [0.15, 0.2) is 0 Å². The summed E-state index contributed by atoms with van der Waals surface area (Å²) >= 11 is -14.5. The van der Waals surface area contributed by atoms with Gasteiger partial charge >= 0.3 is 40.5 Å². The molecule has 0 aliphatic heterocycles. The van der Waals surface area contributed by atoms with E-state index in [1.54, 1.807) is 0 Å². The van der Waals surface area contributed by atoms with Crippen molar-refractivity contribution in [3.8, 4) is 0 Å². The predicted molar refractivity (Wildman–Crippen MR) is 19.5 cm³/mol. The van der Waals surface area contributed by atoms with Crippen molar-refractivity contribution in [2.24, 2.45) is 0 Å². The molecule has 0 atom stereocenters. The minimum absolute atomic E-state index is 2.20. The van der Waals surface area contributed by atoms with Gasteiger partial charge in [0.05, 0.1) is 0 Å². The predicted octanol–water partition coefficient (Wildman–Crippen LogP) is 4.11. The molecule has 0 unspecified atom stereocenters. The Morgan fingerprint density at radius 1 is 0.600 bits per heavy atom. The molecule has 0 rings (SSSR count). The van der Waals surface area contributed by atoms with Crippen LogP contribution in [-0.2, 0) is 0 Å². The summed E-state index contributed by atoms with van der Waals surface area (Å²) < 4.78 is 74.7. The Bertz CT molecular complexity index is 198. The molecule has 0 radical (unpaired) electrons. The molecule has 0 aromatic carbocycles. The fourth-order valence-electron chi connectivity index (χ4n) is 0. The van der Waals surface area contributed by atoms with Crippen LogP contribution in [0.25, 0.3) is 0 Å². The van der Waals surface area contributed by atoms with Crippen molar-refractivity contribution in [1.82, 2.24) is 0 Å². The third kappa shape index (κ3) is 778. The quantitative estimate of drug-likeness (QED) is 0.542. The number of halogens is 7. The number of rotatable bonds is 0. The monoisotopic (exact) mass is 395 g/mol. The fourth-order valence-corrected chi connectivity index (χ4v) is 0. The molecule has 0 heterocycles. The van der Waals surface area contributed by atoms with Gasteiger partial charge in [0, 0.05) is 0 Å². The van der Waals surface area contributed by atoms with E-state index in [1.165, 1.54) is 0 Å². The van der Waals surface area contributed by atoms with Gasteiger partial charge in [-0.15, -0.1) is 0 Å². The van der Waals surface area contributed by atoms with Crippen molar-refractivity contribution in [2.75, 3.05) is 0 Å². The second-order valence-corrected chi connectivity index (χ2v) is 42.8. The zero-order valence-electron chi connectivity index (χ0n) is 5.15. The second-order valence-electron chi connectivity index (χ2n) is 4.65. The zero-order valence-corrected chi connectivity index (χ0v) is 9.26. The van der Waals surface area contributed by atoms with Crippen LogP contribution < -0.4 is 0 Å². The van der Waals surface area contributed by atoms with E-state index in [-0.39, 0.29) is 0 Å². The molecule has 10 heavy (non-hydrogen) atoms. The summed E-state index contributed by atoms with van der Waals surface area (Å²) in [5.41, 5.74) is 0. The van der Waals surface area contributed by atoms with Crippen molar-refractivity contribution in [2.45, 2.75) is 5.41 Å². The Hall–Kier alpha value is 0.835. The van der Waals surface area contributed by atoms with Gasteiger partial charge in [-0.2, -0.15) is 0 Å². The third-order valence-corrected chi connectivity index (χ3v) is 0. The second kappa shape index (κ2) is 0.566. The molecule has 0 aliphatic carbocycles. The van der Waals surface area contributed by atoms with E-state index in [9.17, 15) is 7.81 Å². The summed E-state index contributed by atoms with van der Waals surface area (Å²) in [6.07, 6.45) is 0. The average Bonchev–Trinajstić information content (AvgIpc) is 0.469. The van der Waals surface area contributed by atoms with Crippen LogP contribution in [0.5, 0.6) is 0 Å². The molecule has 8 heteroatoms. The van der Waals surface area contributed by atoms with Gasteiger partial charge < -0.3 is 0 Å². The van der Waals surface area contributed by atoms with E-state index in [4.69, 9.17) is 0 Å². The van der Waals surface area contributed by atoms with Gasteiger partial charge in [-0.1, -0.05) is 0 Å². The molecule has 0 fully saturated rings. The van der Waals surface area contributed by atoms with Gasteiger partial charge in [-0.3, -0.25) is 0 Å². The van der Waals surface area contributed by atoms with Crippen molar-refractivity contribution < 1.29 is 35.1 Å². The van der Waals surface area contributed by atoms with Gasteiger partial charge in [-0.25, -0.2) is 0 Å². The Kier molecular flexibility index (Phi) is 0.613. The summed E-state index contributed by atoms with van der Waals surface area (Å²) in [4.78, 5) is 0. The maximum absolute atomic E-state index is 14.5. The van der Waals surface area contributed by atoms with Crippen LogP contribution in [0.15, 0.2) is 0 Å². The molecular formula is C2H6F7Th. The molecule has 0 nitrogen and oxygen atoms in total. The van der Waals surface area contributed by atoms with Gasteiger partial charge in [0.2, 0.25) is 0 Å². The minimum atomic E-state index is -14.5. The molecule has 0 saturated heterocycles. The summed E-state index contributed by atoms with van der Waals surface area (Å²) in [6.45, 7) is 0. The first kappa shape index (κ1) is 10.8.